The predicted octanol–water partition coefficient (Wildman–Crippen LogP) is 3.69. The highest BCUT2D eigenvalue weighted by molar-refractivity contribution is 7.92. The standard InChI is InChI=1S/C21H22N6O3S/c1-4-27-16(3)21(15(2)24-27)31(28,29)25-17-7-9-18(10-8-17)30-20-12-11-19(22-23-20)26-13-5-6-14-26/h5-14,25H,4H2,1-3H3. The summed E-state index contributed by atoms with van der Waals surface area (Å²) >= 11 is 0. The normalized spacial score (nSPS) is 11.5. The van der Waals surface area contributed by atoms with Gasteiger partial charge in [0.05, 0.1) is 11.4 Å². The van der Waals surface area contributed by atoms with Crippen LogP contribution < -0.4 is 9.46 Å². The summed E-state index contributed by atoms with van der Waals surface area (Å²) in [5, 5.41) is 12.5. The molecule has 0 radical (unpaired) electrons. The van der Waals surface area contributed by atoms with E-state index in [-0.39, 0.29) is 4.90 Å². The topological polar surface area (TPSA) is 104 Å². The lowest BCUT2D eigenvalue weighted by Crippen LogP contribution is -2.15. The molecule has 0 saturated carbocycles. The Hall–Kier alpha value is -3.66. The van der Waals surface area contributed by atoms with E-state index in [0.29, 0.717) is 41.1 Å². The summed E-state index contributed by atoms with van der Waals surface area (Å²) < 4.78 is 37.5. The highest BCUT2D eigenvalue weighted by Crippen LogP contribution is 2.25. The van der Waals surface area contributed by atoms with Gasteiger partial charge in [-0.2, -0.15) is 5.10 Å². The van der Waals surface area contributed by atoms with Crippen LogP contribution in [-0.2, 0) is 16.6 Å². The molecule has 0 bridgehead atoms. The zero-order valence-electron chi connectivity index (χ0n) is 17.3. The Morgan fingerprint density at radius 2 is 1.71 bits per heavy atom. The van der Waals surface area contributed by atoms with Crippen molar-refractivity contribution >= 4 is 15.7 Å². The Morgan fingerprint density at radius 3 is 2.29 bits per heavy atom. The Labute approximate surface area is 180 Å². The van der Waals surface area contributed by atoms with Crippen molar-refractivity contribution < 1.29 is 13.2 Å². The van der Waals surface area contributed by atoms with Crippen molar-refractivity contribution in [3.63, 3.8) is 0 Å². The first kappa shape index (κ1) is 20.6. The Morgan fingerprint density at radius 1 is 1.00 bits per heavy atom. The van der Waals surface area contributed by atoms with Crippen molar-refractivity contribution in [2.24, 2.45) is 0 Å². The number of nitrogens with zero attached hydrogens (tertiary/aromatic N) is 5. The van der Waals surface area contributed by atoms with Gasteiger partial charge < -0.3 is 9.30 Å². The fourth-order valence-electron chi connectivity index (χ4n) is 3.29. The molecule has 31 heavy (non-hydrogen) atoms. The predicted molar refractivity (Wildman–Crippen MR) is 116 cm³/mol. The molecule has 0 fully saturated rings. The summed E-state index contributed by atoms with van der Waals surface area (Å²) in [4.78, 5) is 0.202. The monoisotopic (exact) mass is 438 g/mol. The van der Waals surface area contributed by atoms with Crippen molar-refractivity contribution in [2.45, 2.75) is 32.2 Å². The highest BCUT2D eigenvalue weighted by Gasteiger charge is 2.24. The molecular weight excluding hydrogens is 416 g/mol. The van der Waals surface area contributed by atoms with E-state index in [1.165, 1.54) is 0 Å². The zero-order chi connectivity index (χ0) is 22.0. The molecule has 1 aromatic carbocycles. The minimum atomic E-state index is -3.76. The summed E-state index contributed by atoms with van der Waals surface area (Å²) in [5.41, 5.74) is 1.49. The molecule has 0 spiro atoms. The van der Waals surface area contributed by atoms with E-state index in [0.717, 1.165) is 0 Å². The Kier molecular flexibility index (Phi) is 5.47. The van der Waals surface area contributed by atoms with E-state index in [2.05, 4.69) is 20.0 Å². The van der Waals surface area contributed by atoms with Gasteiger partial charge in [-0.05, 0) is 63.2 Å². The summed E-state index contributed by atoms with van der Waals surface area (Å²) in [5.74, 6) is 1.53. The molecule has 10 heteroatoms. The van der Waals surface area contributed by atoms with E-state index in [1.54, 1.807) is 54.9 Å². The summed E-state index contributed by atoms with van der Waals surface area (Å²) in [7, 11) is -3.76. The van der Waals surface area contributed by atoms with Gasteiger partial charge in [-0.15, -0.1) is 10.2 Å². The molecule has 1 N–H and O–H groups in total. The summed E-state index contributed by atoms with van der Waals surface area (Å²) in [6.45, 7) is 5.95. The first-order valence-electron chi connectivity index (χ1n) is 9.69. The third kappa shape index (κ3) is 4.29. The van der Waals surface area contributed by atoms with Crippen LogP contribution in [-0.4, -0.2) is 33.0 Å². The highest BCUT2D eigenvalue weighted by atomic mass is 32.2. The second-order valence-electron chi connectivity index (χ2n) is 6.87. The van der Waals surface area contributed by atoms with Crippen molar-refractivity contribution in [1.29, 1.82) is 0 Å². The molecule has 160 valence electrons. The smallest absolute Gasteiger partial charge is 0.265 e. The van der Waals surface area contributed by atoms with Crippen LogP contribution in [0.2, 0.25) is 0 Å². The number of anilines is 1. The number of benzene rings is 1. The van der Waals surface area contributed by atoms with Crippen molar-refractivity contribution in [1.82, 2.24) is 24.5 Å². The molecule has 0 aliphatic carbocycles. The molecule has 9 nitrogen and oxygen atoms in total. The Balaban J connectivity index is 1.46. The van der Waals surface area contributed by atoms with E-state index >= 15 is 0 Å². The SMILES string of the molecule is CCn1nc(C)c(S(=O)(=O)Nc2ccc(Oc3ccc(-n4cccc4)nn3)cc2)c1C. The number of hydrogen-bond acceptors (Lipinski definition) is 6. The molecule has 4 rings (SSSR count). The minimum absolute atomic E-state index is 0.202. The molecule has 4 aromatic rings. The Bertz CT molecular complexity index is 1280. The van der Waals surface area contributed by atoms with Gasteiger partial charge >= 0.3 is 0 Å². The van der Waals surface area contributed by atoms with Crippen molar-refractivity contribution in [3.05, 3.63) is 72.3 Å². The van der Waals surface area contributed by atoms with Gasteiger partial charge in [0, 0.05) is 30.7 Å². The second-order valence-corrected chi connectivity index (χ2v) is 8.49. The van der Waals surface area contributed by atoms with Crippen molar-refractivity contribution in [2.75, 3.05) is 4.72 Å². The van der Waals surface area contributed by atoms with Gasteiger partial charge in [-0.25, -0.2) is 8.42 Å². The van der Waals surface area contributed by atoms with Gasteiger partial charge in [-0.3, -0.25) is 9.40 Å². The van der Waals surface area contributed by atoms with E-state index in [1.807, 2.05) is 36.0 Å². The van der Waals surface area contributed by atoms with Crippen LogP contribution in [0, 0.1) is 13.8 Å². The number of nitrogens with one attached hydrogen (secondary N) is 1. The second kappa shape index (κ2) is 8.23. The number of hydrogen-bond donors (Lipinski definition) is 1. The van der Waals surface area contributed by atoms with Crippen LogP contribution >= 0.6 is 0 Å². The fraction of sp³-hybridized carbons (Fsp3) is 0.190. The minimum Gasteiger partial charge on any atom is -0.438 e. The first-order chi connectivity index (χ1) is 14.9. The van der Waals surface area contributed by atoms with Crippen LogP contribution in [0.1, 0.15) is 18.3 Å². The van der Waals surface area contributed by atoms with E-state index in [9.17, 15) is 8.42 Å². The number of sulfonamides is 1. The molecule has 0 aliphatic rings. The third-order valence-corrected chi connectivity index (χ3v) is 6.34. The summed E-state index contributed by atoms with van der Waals surface area (Å²) in [6.07, 6.45) is 3.75. The molecule has 0 atom stereocenters. The van der Waals surface area contributed by atoms with Gasteiger partial charge in [0.15, 0.2) is 5.82 Å². The van der Waals surface area contributed by atoms with Crippen LogP contribution in [0.4, 0.5) is 5.69 Å². The fourth-order valence-corrected chi connectivity index (χ4v) is 4.76. The molecule has 3 aromatic heterocycles. The lowest BCUT2D eigenvalue weighted by atomic mass is 10.3. The maximum atomic E-state index is 12.9. The summed E-state index contributed by atoms with van der Waals surface area (Å²) in [6, 6.07) is 13.9. The molecule has 0 aliphatic heterocycles. The average molecular weight is 439 g/mol. The van der Waals surface area contributed by atoms with Crippen LogP contribution in [0.15, 0.2) is 65.8 Å². The van der Waals surface area contributed by atoms with Gasteiger partial charge in [-0.1, -0.05) is 0 Å². The van der Waals surface area contributed by atoms with Gasteiger partial charge in [0.1, 0.15) is 10.6 Å². The number of rotatable bonds is 7. The van der Waals surface area contributed by atoms with Crippen LogP contribution in [0.25, 0.3) is 5.82 Å². The molecule has 0 amide bonds. The maximum Gasteiger partial charge on any atom is 0.265 e. The molecular formula is C21H22N6O3S. The van der Waals surface area contributed by atoms with Gasteiger partial charge in [0.2, 0.25) is 5.88 Å². The first-order valence-corrected chi connectivity index (χ1v) is 11.2. The number of aromatic nitrogens is 5. The zero-order valence-corrected chi connectivity index (χ0v) is 18.2. The number of ether oxygens (including phenoxy) is 1. The lowest BCUT2D eigenvalue weighted by molar-refractivity contribution is 0.454. The lowest BCUT2D eigenvalue weighted by Gasteiger charge is -2.10. The molecule has 0 saturated heterocycles. The number of aryl methyl sites for hydroxylation is 2. The molecule has 0 unspecified atom stereocenters. The van der Waals surface area contributed by atoms with E-state index in [4.69, 9.17) is 4.74 Å². The van der Waals surface area contributed by atoms with Crippen molar-refractivity contribution in [3.8, 4) is 17.4 Å². The maximum absolute atomic E-state index is 12.9. The van der Waals surface area contributed by atoms with Crippen LogP contribution in [0.5, 0.6) is 11.6 Å². The van der Waals surface area contributed by atoms with E-state index < -0.39 is 10.0 Å². The average Bonchev–Trinajstić information content (AvgIpc) is 3.38. The molecule has 3 heterocycles. The van der Waals surface area contributed by atoms with Crippen LogP contribution in [0.3, 0.4) is 0 Å². The van der Waals surface area contributed by atoms with Gasteiger partial charge in [0.25, 0.3) is 10.0 Å². The largest absolute Gasteiger partial charge is 0.438 e. The third-order valence-electron chi connectivity index (χ3n) is 4.71. The quantitative estimate of drug-likeness (QED) is 0.472.